The highest BCUT2D eigenvalue weighted by Crippen LogP contribution is 2.50. The average molecular weight is 237 g/mol. The predicted octanol–water partition coefficient (Wildman–Crippen LogP) is 3.95. The lowest BCUT2D eigenvalue weighted by atomic mass is 10.00. The number of aryl methyl sites for hydroxylation is 1. The molecule has 0 saturated heterocycles. The monoisotopic (exact) mass is 236 g/mol. The van der Waals surface area contributed by atoms with Gasteiger partial charge in [-0.05, 0) is 48.3 Å². The Hall–Kier alpha value is -0.690. The van der Waals surface area contributed by atoms with Gasteiger partial charge in [-0.1, -0.05) is 19.1 Å². The lowest BCUT2D eigenvalue weighted by molar-refractivity contribution is 0.288. The highest BCUT2D eigenvalue weighted by molar-refractivity contribution is 6.21. The molecule has 0 radical (unpaired) electrons. The zero-order valence-electron chi connectivity index (χ0n) is 9.58. The van der Waals surface area contributed by atoms with E-state index in [1.54, 1.807) is 0 Å². The lowest BCUT2D eigenvalue weighted by Crippen LogP contribution is -2.09. The second-order valence-corrected chi connectivity index (χ2v) is 5.57. The molecule has 3 atom stereocenters. The van der Waals surface area contributed by atoms with Crippen LogP contribution in [0.4, 0.5) is 0 Å². The maximum Gasteiger partial charge on any atom is 0.122 e. The van der Waals surface area contributed by atoms with Crippen molar-refractivity contribution in [1.29, 1.82) is 0 Å². The summed E-state index contributed by atoms with van der Waals surface area (Å²) in [6, 6.07) is 6.47. The molecule has 1 saturated carbocycles. The molecule has 86 valence electrons. The van der Waals surface area contributed by atoms with Crippen LogP contribution in [0.25, 0.3) is 0 Å². The van der Waals surface area contributed by atoms with Gasteiger partial charge in [0.05, 0.1) is 12.0 Å². The number of ether oxygens (including phenoxy) is 1. The third-order valence-corrected chi connectivity index (χ3v) is 4.37. The van der Waals surface area contributed by atoms with E-state index in [2.05, 4.69) is 25.1 Å². The van der Waals surface area contributed by atoms with E-state index < -0.39 is 0 Å². The number of alkyl halides is 1. The van der Waals surface area contributed by atoms with Crippen molar-refractivity contribution in [3.05, 3.63) is 29.3 Å². The van der Waals surface area contributed by atoms with Gasteiger partial charge in [-0.2, -0.15) is 0 Å². The molecule has 0 N–H and O–H groups in total. The highest BCUT2D eigenvalue weighted by Gasteiger charge is 2.39. The lowest BCUT2D eigenvalue weighted by Gasteiger charge is -2.19. The quantitative estimate of drug-likeness (QED) is 0.707. The number of rotatable bonds is 2. The SMILES string of the molecule is CC1CC1C(Cl)c1ccc2c(c1)CCCO2. The first-order valence-electron chi connectivity index (χ1n) is 6.15. The van der Waals surface area contributed by atoms with Gasteiger partial charge in [0.2, 0.25) is 0 Å². The summed E-state index contributed by atoms with van der Waals surface area (Å²) in [7, 11) is 0. The van der Waals surface area contributed by atoms with Crippen LogP contribution in [0.15, 0.2) is 18.2 Å². The molecule has 0 amide bonds. The molecule has 3 unspecified atom stereocenters. The molecule has 1 nitrogen and oxygen atoms in total. The van der Waals surface area contributed by atoms with Crippen LogP contribution in [-0.4, -0.2) is 6.61 Å². The zero-order chi connectivity index (χ0) is 11.1. The topological polar surface area (TPSA) is 9.23 Å². The molecule has 2 heteroatoms. The Kier molecular flexibility index (Phi) is 2.59. The fourth-order valence-corrected chi connectivity index (χ4v) is 3.04. The first kappa shape index (κ1) is 10.5. The van der Waals surface area contributed by atoms with E-state index in [1.165, 1.54) is 17.5 Å². The molecule has 1 aromatic carbocycles. The molecule has 1 aliphatic carbocycles. The van der Waals surface area contributed by atoms with Crippen LogP contribution in [0.2, 0.25) is 0 Å². The van der Waals surface area contributed by atoms with E-state index in [4.69, 9.17) is 16.3 Å². The summed E-state index contributed by atoms with van der Waals surface area (Å²) in [5.41, 5.74) is 2.61. The fraction of sp³-hybridized carbons (Fsp3) is 0.571. The number of halogens is 1. The first-order chi connectivity index (χ1) is 7.75. The van der Waals surface area contributed by atoms with Gasteiger partial charge in [-0.15, -0.1) is 11.6 Å². The number of fused-ring (bicyclic) bond motifs is 1. The summed E-state index contributed by atoms with van der Waals surface area (Å²) < 4.78 is 5.61. The molecule has 0 spiro atoms. The maximum atomic E-state index is 6.50. The number of hydrogen-bond donors (Lipinski definition) is 0. The van der Waals surface area contributed by atoms with Gasteiger partial charge in [-0.25, -0.2) is 0 Å². The van der Waals surface area contributed by atoms with E-state index in [9.17, 15) is 0 Å². The second-order valence-electron chi connectivity index (χ2n) is 5.10. The summed E-state index contributed by atoms with van der Waals surface area (Å²) >= 11 is 6.50. The van der Waals surface area contributed by atoms with Crippen LogP contribution in [0.1, 0.15) is 36.3 Å². The summed E-state index contributed by atoms with van der Waals surface area (Å²) in [4.78, 5) is 0. The van der Waals surface area contributed by atoms with Crippen molar-refractivity contribution in [2.45, 2.75) is 31.6 Å². The predicted molar refractivity (Wildman–Crippen MR) is 66.1 cm³/mol. The number of hydrogen-bond acceptors (Lipinski definition) is 1. The van der Waals surface area contributed by atoms with Crippen molar-refractivity contribution in [3.8, 4) is 5.75 Å². The molecule has 0 aromatic heterocycles. The van der Waals surface area contributed by atoms with Gasteiger partial charge < -0.3 is 4.74 Å². The molecule has 1 fully saturated rings. The third-order valence-electron chi connectivity index (χ3n) is 3.80. The fourth-order valence-electron chi connectivity index (χ4n) is 2.56. The molecule has 0 bridgehead atoms. The van der Waals surface area contributed by atoms with E-state index in [0.717, 1.165) is 31.1 Å². The van der Waals surface area contributed by atoms with Crippen LogP contribution < -0.4 is 4.74 Å². The van der Waals surface area contributed by atoms with Crippen molar-refractivity contribution >= 4 is 11.6 Å². The van der Waals surface area contributed by atoms with Gasteiger partial charge in [-0.3, -0.25) is 0 Å². The molecule has 1 aromatic rings. The van der Waals surface area contributed by atoms with Crippen molar-refractivity contribution in [1.82, 2.24) is 0 Å². The Bertz CT molecular complexity index is 402. The standard InChI is InChI=1S/C14H17ClO/c1-9-7-12(9)14(15)11-4-5-13-10(8-11)3-2-6-16-13/h4-5,8-9,12,14H,2-3,6-7H2,1H3. The first-order valence-corrected chi connectivity index (χ1v) is 6.59. The van der Waals surface area contributed by atoms with Gasteiger partial charge in [0.1, 0.15) is 5.75 Å². The Labute approximate surface area is 102 Å². The molecule has 2 aliphatic rings. The van der Waals surface area contributed by atoms with Crippen LogP contribution in [0.5, 0.6) is 5.75 Å². The van der Waals surface area contributed by atoms with Gasteiger partial charge in [0.15, 0.2) is 0 Å². The van der Waals surface area contributed by atoms with E-state index in [-0.39, 0.29) is 5.38 Å². The molecular formula is C14H17ClO. The summed E-state index contributed by atoms with van der Waals surface area (Å²) in [6.45, 7) is 3.14. The molecule has 16 heavy (non-hydrogen) atoms. The van der Waals surface area contributed by atoms with Gasteiger partial charge >= 0.3 is 0 Å². The second kappa shape index (κ2) is 3.96. The van der Waals surface area contributed by atoms with Crippen molar-refractivity contribution in [2.75, 3.05) is 6.61 Å². The van der Waals surface area contributed by atoms with E-state index in [1.807, 2.05) is 0 Å². The zero-order valence-corrected chi connectivity index (χ0v) is 10.3. The highest BCUT2D eigenvalue weighted by atomic mass is 35.5. The minimum Gasteiger partial charge on any atom is -0.493 e. The van der Waals surface area contributed by atoms with Crippen molar-refractivity contribution < 1.29 is 4.74 Å². The molecule has 1 aliphatic heterocycles. The van der Waals surface area contributed by atoms with Gasteiger partial charge in [0, 0.05) is 0 Å². The Balaban J connectivity index is 1.85. The molecule has 1 heterocycles. The normalized spacial score (nSPS) is 29.1. The maximum absolute atomic E-state index is 6.50. The number of benzene rings is 1. The van der Waals surface area contributed by atoms with Crippen LogP contribution >= 0.6 is 11.6 Å². The van der Waals surface area contributed by atoms with Crippen LogP contribution in [0, 0.1) is 11.8 Å². The molecular weight excluding hydrogens is 220 g/mol. The summed E-state index contributed by atoms with van der Waals surface area (Å²) in [5, 5.41) is 0.197. The van der Waals surface area contributed by atoms with Crippen molar-refractivity contribution in [3.63, 3.8) is 0 Å². The van der Waals surface area contributed by atoms with Crippen LogP contribution in [0.3, 0.4) is 0 Å². The minimum atomic E-state index is 0.197. The smallest absolute Gasteiger partial charge is 0.122 e. The summed E-state index contributed by atoms with van der Waals surface area (Å²) in [5.74, 6) is 2.54. The average Bonchev–Trinajstić information content (AvgIpc) is 3.05. The minimum absolute atomic E-state index is 0.197. The van der Waals surface area contributed by atoms with Gasteiger partial charge in [0.25, 0.3) is 0 Å². The summed E-state index contributed by atoms with van der Waals surface area (Å²) in [6.07, 6.45) is 3.54. The Morgan fingerprint density at radius 3 is 3.00 bits per heavy atom. The van der Waals surface area contributed by atoms with E-state index in [0.29, 0.717) is 5.92 Å². The van der Waals surface area contributed by atoms with E-state index >= 15 is 0 Å². The van der Waals surface area contributed by atoms with Crippen LogP contribution in [-0.2, 0) is 6.42 Å². The molecule has 3 rings (SSSR count). The third kappa shape index (κ3) is 1.82. The Morgan fingerprint density at radius 2 is 2.25 bits per heavy atom. The largest absolute Gasteiger partial charge is 0.493 e. The van der Waals surface area contributed by atoms with Crippen molar-refractivity contribution in [2.24, 2.45) is 11.8 Å². The Morgan fingerprint density at radius 1 is 1.44 bits per heavy atom.